The van der Waals surface area contributed by atoms with Crippen LogP contribution in [0.4, 0.5) is 0 Å². The highest BCUT2D eigenvalue weighted by molar-refractivity contribution is 5.19. The van der Waals surface area contributed by atoms with Crippen LogP contribution in [0.3, 0.4) is 0 Å². The lowest BCUT2D eigenvalue weighted by atomic mass is 9.82. The lowest BCUT2D eigenvalue weighted by Gasteiger charge is -2.33. The van der Waals surface area contributed by atoms with Gasteiger partial charge >= 0.3 is 0 Å². The van der Waals surface area contributed by atoms with Crippen LogP contribution in [0.15, 0.2) is 24.3 Å². The van der Waals surface area contributed by atoms with Gasteiger partial charge in [-0.1, -0.05) is 18.7 Å². The van der Waals surface area contributed by atoms with Crippen LogP contribution in [-0.4, -0.2) is 34.0 Å². The molecule has 0 spiro atoms. The predicted molar refractivity (Wildman–Crippen MR) is 55.8 cm³/mol. The lowest BCUT2D eigenvalue weighted by Crippen LogP contribution is -2.36. The Morgan fingerprint density at radius 1 is 1.53 bits per heavy atom. The second-order valence-corrected chi connectivity index (χ2v) is 4.18. The Morgan fingerprint density at radius 2 is 2.13 bits per heavy atom. The number of rotatable bonds is 3. The molecule has 0 radical (unpaired) electrons. The van der Waals surface area contributed by atoms with Crippen molar-refractivity contribution in [3.05, 3.63) is 24.3 Å². The largest absolute Gasteiger partial charge is 0.374 e. The Labute approximate surface area is 89.5 Å². The van der Waals surface area contributed by atoms with Crippen LogP contribution in [0.1, 0.15) is 19.8 Å². The van der Waals surface area contributed by atoms with Crippen molar-refractivity contribution < 1.29 is 20.1 Å². The van der Waals surface area contributed by atoms with Gasteiger partial charge in [-0.15, -0.1) is 0 Å². The number of methoxy groups -OCH3 is 1. The minimum Gasteiger partial charge on any atom is -0.374 e. The fourth-order valence-electron chi connectivity index (χ4n) is 1.65. The first-order chi connectivity index (χ1) is 6.78. The molecule has 0 aromatic heterocycles. The van der Waals surface area contributed by atoms with Crippen LogP contribution in [-0.2, 0) is 4.74 Å². The van der Waals surface area contributed by atoms with E-state index < -0.39 is 5.97 Å². The van der Waals surface area contributed by atoms with Gasteiger partial charge in [0.25, 0.3) is 5.97 Å². The van der Waals surface area contributed by atoms with Crippen molar-refractivity contribution >= 4 is 0 Å². The molecule has 2 atom stereocenters. The van der Waals surface area contributed by atoms with E-state index in [1.54, 1.807) is 13.2 Å². The second kappa shape index (κ2) is 4.06. The Hall–Kier alpha value is -0.680. The van der Waals surface area contributed by atoms with E-state index in [0.29, 0.717) is 6.42 Å². The zero-order valence-corrected chi connectivity index (χ0v) is 9.10. The molecule has 1 aliphatic rings. The molecule has 2 unspecified atom stereocenters. The first-order valence-corrected chi connectivity index (χ1v) is 4.89. The van der Waals surface area contributed by atoms with Gasteiger partial charge in [-0.3, -0.25) is 0 Å². The summed E-state index contributed by atoms with van der Waals surface area (Å²) in [5.41, 5.74) is -0.309. The first-order valence-electron chi connectivity index (χ1n) is 4.89. The monoisotopic (exact) mass is 214 g/mol. The molecule has 0 aromatic rings. The fraction of sp³-hybridized carbons (Fsp3) is 0.636. The van der Waals surface area contributed by atoms with Gasteiger partial charge in [-0.2, -0.15) is 0 Å². The average Bonchev–Trinajstić information content (AvgIpc) is 2.17. The molecule has 4 nitrogen and oxygen atoms in total. The van der Waals surface area contributed by atoms with Gasteiger partial charge in [0.1, 0.15) is 0 Å². The maximum Gasteiger partial charge on any atom is 0.300 e. The van der Waals surface area contributed by atoms with Gasteiger partial charge in [0.05, 0.1) is 5.60 Å². The lowest BCUT2D eigenvalue weighted by molar-refractivity contribution is -0.285. The van der Waals surface area contributed by atoms with Crippen molar-refractivity contribution in [2.45, 2.75) is 31.3 Å². The number of hydrogen-bond donors (Lipinski definition) is 3. The maximum absolute atomic E-state index is 8.97. The Morgan fingerprint density at radius 3 is 2.47 bits per heavy atom. The predicted octanol–water partition coefficient (Wildman–Crippen LogP) is 0.545. The number of aliphatic hydroxyl groups is 3. The van der Waals surface area contributed by atoms with Gasteiger partial charge in [0, 0.05) is 18.6 Å². The number of ether oxygens (including phenoxy) is 1. The summed E-state index contributed by atoms with van der Waals surface area (Å²) in [6, 6.07) is 0. The quantitative estimate of drug-likeness (QED) is 0.474. The molecule has 1 rings (SSSR count). The number of allylic oxidation sites excluding steroid dienone is 1. The molecule has 15 heavy (non-hydrogen) atoms. The van der Waals surface area contributed by atoms with Crippen molar-refractivity contribution in [1.29, 1.82) is 0 Å². The van der Waals surface area contributed by atoms with E-state index in [2.05, 4.69) is 6.58 Å². The smallest absolute Gasteiger partial charge is 0.300 e. The molecule has 0 heterocycles. The molecular weight excluding hydrogens is 196 g/mol. The second-order valence-electron chi connectivity index (χ2n) is 4.18. The van der Waals surface area contributed by atoms with E-state index in [-0.39, 0.29) is 17.1 Å². The third kappa shape index (κ3) is 2.89. The third-order valence-electron chi connectivity index (χ3n) is 2.98. The molecule has 86 valence electrons. The minimum atomic E-state index is -2.80. The zero-order valence-electron chi connectivity index (χ0n) is 9.10. The van der Waals surface area contributed by atoms with E-state index in [4.69, 9.17) is 20.1 Å². The Bertz CT molecular complexity index is 277. The van der Waals surface area contributed by atoms with Gasteiger partial charge in [0.15, 0.2) is 0 Å². The van der Waals surface area contributed by atoms with Crippen LogP contribution < -0.4 is 0 Å². The summed E-state index contributed by atoms with van der Waals surface area (Å²) in [4.78, 5) is 0. The molecule has 0 saturated carbocycles. The highest BCUT2D eigenvalue weighted by Crippen LogP contribution is 2.33. The summed E-state index contributed by atoms with van der Waals surface area (Å²) in [5.74, 6) is -3.02. The van der Waals surface area contributed by atoms with Crippen molar-refractivity contribution in [3.8, 4) is 0 Å². The van der Waals surface area contributed by atoms with E-state index in [0.717, 1.165) is 6.42 Å². The van der Waals surface area contributed by atoms with Gasteiger partial charge < -0.3 is 20.1 Å². The van der Waals surface area contributed by atoms with Crippen LogP contribution >= 0.6 is 0 Å². The topological polar surface area (TPSA) is 69.9 Å². The van der Waals surface area contributed by atoms with E-state index in [1.165, 1.54) is 0 Å². The van der Waals surface area contributed by atoms with Crippen LogP contribution in [0.5, 0.6) is 0 Å². The van der Waals surface area contributed by atoms with Crippen LogP contribution in [0, 0.1) is 5.92 Å². The summed E-state index contributed by atoms with van der Waals surface area (Å²) in [7, 11) is 1.63. The normalized spacial score (nSPS) is 31.7. The molecular formula is C11H18O4. The van der Waals surface area contributed by atoms with Gasteiger partial charge in [-0.25, -0.2) is 0 Å². The molecule has 0 fully saturated rings. The maximum atomic E-state index is 8.97. The first kappa shape index (κ1) is 12.4. The van der Waals surface area contributed by atoms with E-state index in [1.807, 2.05) is 13.0 Å². The van der Waals surface area contributed by atoms with Crippen molar-refractivity contribution in [2.75, 3.05) is 7.11 Å². The van der Waals surface area contributed by atoms with Crippen molar-refractivity contribution in [2.24, 2.45) is 5.92 Å². The molecule has 4 heteroatoms. The summed E-state index contributed by atoms with van der Waals surface area (Å²) < 4.78 is 5.29. The molecule has 0 aliphatic heterocycles. The Kier molecular flexibility index (Phi) is 3.35. The summed E-state index contributed by atoms with van der Waals surface area (Å²) in [5, 5.41) is 26.9. The van der Waals surface area contributed by atoms with E-state index in [9.17, 15) is 0 Å². The fourth-order valence-corrected chi connectivity index (χ4v) is 1.65. The highest BCUT2D eigenvalue weighted by Gasteiger charge is 2.33. The molecule has 1 aliphatic carbocycles. The SMILES string of the molecule is C=C(C1C=CC(C)(OC)CC1)C(O)(O)O. The van der Waals surface area contributed by atoms with Gasteiger partial charge in [0.2, 0.25) is 0 Å². The molecule has 0 aromatic carbocycles. The summed E-state index contributed by atoms with van der Waals surface area (Å²) in [6.45, 7) is 5.43. The third-order valence-corrected chi connectivity index (χ3v) is 2.98. The zero-order chi connectivity index (χ0) is 11.7. The van der Waals surface area contributed by atoms with Crippen molar-refractivity contribution in [3.63, 3.8) is 0 Å². The molecule has 0 amide bonds. The number of hydrogen-bond acceptors (Lipinski definition) is 4. The molecule has 0 bridgehead atoms. The Balaban J connectivity index is 2.72. The minimum absolute atomic E-state index is 0.00287. The van der Waals surface area contributed by atoms with Crippen molar-refractivity contribution in [1.82, 2.24) is 0 Å². The summed E-state index contributed by atoms with van der Waals surface area (Å²) in [6.07, 6.45) is 5.06. The van der Waals surface area contributed by atoms with E-state index >= 15 is 0 Å². The molecule has 0 saturated heterocycles. The summed E-state index contributed by atoms with van der Waals surface area (Å²) >= 11 is 0. The van der Waals surface area contributed by atoms with Crippen LogP contribution in [0.2, 0.25) is 0 Å². The average molecular weight is 214 g/mol. The van der Waals surface area contributed by atoms with Crippen LogP contribution in [0.25, 0.3) is 0 Å². The highest BCUT2D eigenvalue weighted by atomic mass is 16.7. The standard InChI is InChI=1S/C11H18O4/c1-8(11(12,13)14)9-4-6-10(2,15-3)7-5-9/h4,6,9,12-14H,1,5,7H2,2-3H3. The van der Waals surface area contributed by atoms with Gasteiger partial charge in [-0.05, 0) is 19.8 Å². The molecule has 3 N–H and O–H groups in total.